The zero-order chi connectivity index (χ0) is 5.98. The maximum absolute atomic E-state index is 8.72. The van der Waals surface area contributed by atoms with Crippen LogP contribution in [0.25, 0.3) is 0 Å². The standard InChI is InChI=1S/C5H8N2O/c1-4-2-7-5(8)3-6-4/h2,5,8H,3H2,1H3. The molecule has 8 heavy (non-hydrogen) atoms. The van der Waals surface area contributed by atoms with Crippen molar-refractivity contribution in [3.63, 3.8) is 0 Å². The number of hydrogen-bond donors (Lipinski definition) is 1. The molecule has 1 N–H and O–H groups in total. The average molecular weight is 112 g/mol. The predicted molar refractivity (Wildman–Crippen MR) is 32.5 cm³/mol. The lowest BCUT2D eigenvalue weighted by Crippen LogP contribution is -2.15. The minimum absolute atomic E-state index is 0.419. The molecule has 0 aliphatic carbocycles. The van der Waals surface area contributed by atoms with E-state index in [4.69, 9.17) is 5.11 Å². The van der Waals surface area contributed by atoms with Crippen molar-refractivity contribution in [2.45, 2.75) is 13.2 Å². The number of aliphatic imine (C=N–C) groups is 2. The summed E-state index contributed by atoms with van der Waals surface area (Å²) in [5.74, 6) is 0. The molecule has 1 heterocycles. The first-order valence-corrected chi connectivity index (χ1v) is 2.51. The Morgan fingerprint density at radius 2 is 2.62 bits per heavy atom. The fraction of sp³-hybridized carbons (Fsp3) is 0.600. The molecule has 0 saturated heterocycles. The zero-order valence-electron chi connectivity index (χ0n) is 4.70. The van der Waals surface area contributed by atoms with Gasteiger partial charge in [0.05, 0.1) is 6.54 Å². The average Bonchev–Trinajstić information content (AvgIpc) is 1.77. The van der Waals surface area contributed by atoms with Gasteiger partial charge in [0.2, 0.25) is 0 Å². The summed E-state index contributed by atoms with van der Waals surface area (Å²) in [5.41, 5.74) is 0.885. The highest BCUT2D eigenvalue weighted by molar-refractivity contribution is 6.29. The van der Waals surface area contributed by atoms with E-state index in [-0.39, 0.29) is 0 Å². The first-order chi connectivity index (χ1) is 3.79. The van der Waals surface area contributed by atoms with Crippen molar-refractivity contribution >= 4 is 11.9 Å². The van der Waals surface area contributed by atoms with Crippen LogP contribution in [0.15, 0.2) is 9.98 Å². The van der Waals surface area contributed by atoms with Crippen LogP contribution in [0, 0.1) is 0 Å². The molecule has 1 aliphatic heterocycles. The summed E-state index contributed by atoms with van der Waals surface area (Å²) >= 11 is 0. The van der Waals surface area contributed by atoms with Crippen LogP contribution in [0.3, 0.4) is 0 Å². The van der Waals surface area contributed by atoms with E-state index in [0.717, 1.165) is 5.71 Å². The zero-order valence-corrected chi connectivity index (χ0v) is 4.70. The summed E-state index contributed by atoms with van der Waals surface area (Å²) in [6.07, 6.45) is 0.979. The van der Waals surface area contributed by atoms with Crippen LogP contribution in [-0.4, -0.2) is 29.8 Å². The third-order valence-electron chi connectivity index (χ3n) is 0.937. The second-order valence-electron chi connectivity index (χ2n) is 1.74. The van der Waals surface area contributed by atoms with Gasteiger partial charge in [-0.15, -0.1) is 0 Å². The molecule has 44 valence electrons. The first-order valence-electron chi connectivity index (χ1n) is 2.51. The molecule has 1 unspecified atom stereocenters. The van der Waals surface area contributed by atoms with Gasteiger partial charge in [0, 0.05) is 11.9 Å². The Morgan fingerprint density at radius 1 is 1.88 bits per heavy atom. The molecular formula is C5H8N2O. The van der Waals surface area contributed by atoms with Crippen molar-refractivity contribution in [3.8, 4) is 0 Å². The van der Waals surface area contributed by atoms with Gasteiger partial charge in [0.25, 0.3) is 0 Å². The van der Waals surface area contributed by atoms with Crippen LogP contribution in [0.2, 0.25) is 0 Å². The normalized spacial score (nSPS) is 27.8. The molecule has 0 saturated carbocycles. The molecule has 0 aromatic heterocycles. The van der Waals surface area contributed by atoms with Gasteiger partial charge >= 0.3 is 0 Å². The minimum Gasteiger partial charge on any atom is -0.370 e. The van der Waals surface area contributed by atoms with Gasteiger partial charge < -0.3 is 5.11 Å². The molecule has 1 aliphatic rings. The van der Waals surface area contributed by atoms with Crippen molar-refractivity contribution in [1.29, 1.82) is 0 Å². The Balaban J connectivity index is 2.58. The molecule has 0 radical (unpaired) electrons. The third-order valence-corrected chi connectivity index (χ3v) is 0.937. The molecule has 1 rings (SSSR count). The highest BCUT2D eigenvalue weighted by Crippen LogP contribution is 1.91. The minimum atomic E-state index is -0.598. The highest BCUT2D eigenvalue weighted by atomic mass is 16.3. The third kappa shape index (κ3) is 1.13. The Morgan fingerprint density at radius 3 is 3.00 bits per heavy atom. The van der Waals surface area contributed by atoms with Gasteiger partial charge in [0.1, 0.15) is 0 Å². The van der Waals surface area contributed by atoms with Crippen molar-refractivity contribution in [3.05, 3.63) is 0 Å². The predicted octanol–water partition coefficient (Wildman–Crippen LogP) is -0.150. The fourth-order valence-electron chi connectivity index (χ4n) is 0.508. The molecule has 0 aromatic rings. The smallest absolute Gasteiger partial charge is 0.164 e. The molecule has 0 spiro atoms. The summed E-state index contributed by atoms with van der Waals surface area (Å²) in [4.78, 5) is 7.64. The molecule has 0 fully saturated rings. The summed E-state index contributed by atoms with van der Waals surface area (Å²) in [5, 5.41) is 8.72. The van der Waals surface area contributed by atoms with Crippen molar-refractivity contribution in [1.82, 2.24) is 0 Å². The molecule has 0 aromatic carbocycles. The highest BCUT2D eigenvalue weighted by Gasteiger charge is 2.01. The van der Waals surface area contributed by atoms with E-state index in [0.29, 0.717) is 6.54 Å². The van der Waals surface area contributed by atoms with E-state index < -0.39 is 6.23 Å². The number of hydrogen-bond acceptors (Lipinski definition) is 3. The van der Waals surface area contributed by atoms with E-state index in [1.54, 1.807) is 6.21 Å². The topological polar surface area (TPSA) is 45.0 Å². The van der Waals surface area contributed by atoms with E-state index in [9.17, 15) is 0 Å². The summed E-state index contributed by atoms with van der Waals surface area (Å²) in [7, 11) is 0. The quantitative estimate of drug-likeness (QED) is 0.465. The van der Waals surface area contributed by atoms with E-state index in [1.807, 2.05) is 6.92 Å². The molecule has 0 bridgehead atoms. The SMILES string of the molecule is CC1=NCC(O)N=C1. The van der Waals surface area contributed by atoms with Crippen LogP contribution in [0.4, 0.5) is 0 Å². The molecular weight excluding hydrogens is 104 g/mol. The van der Waals surface area contributed by atoms with E-state index in [2.05, 4.69) is 9.98 Å². The Labute approximate surface area is 47.8 Å². The lowest BCUT2D eigenvalue weighted by Gasteiger charge is -2.05. The second kappa shape index (κ2) is 2.05. The second-order valence-corrected chi connectivity index (χ2v) is 1.74. The summed E-state index contributed by atoms with van der Waals surface area (Å²) in [6, 6.07) is 0. The van der Waals surface area contributed by atoms with Gasteiger partial charge in [-0.25, -0.2) is 0 Å². The Kier molecular flexibility index (Phi) is 1.39. The molecule has 0 amide bonds. The summed E-state index contributed by atoms with van der Waals surface area (Å²) in [6.45, 7) is 2.28. The first kappa shape index (κ1) is 5.44. The molecule has 3 heteroatoms. The van der Waals surface area contributed by atoms with E-state index in [1.165, 1.54) is 0 Å². The Hall–Kier alpha value is -0.700. The number of aliphatic hydroxyl groups is 1. The number of nitrogens with zero attached hydrogens (tertiary/aromatic N) is 2. The fourth-order valence-corrected chi connectivity index (χ4v) is 0.508. The van der Waals surface area contributed by atoms with Crippen molar-refractivity contribution in [2.75, 3.05) is 6.54 Å². The lowest BCUT2D eigenvalue weighted by atomic mass is 10.4. The monoisotopic (exact) mass is 112 g/mol. The van der Waals surface area contributed by atoms with Crippen LogP contribution in [-0.2, 0) is 0 Å². The number of rotatable bonds is 0. The largest absolute Gasteiger partial charge is 0.370 e. The van der Waals surface area contributed by atoms with Crippen LogP contribution < -0.4 is 0 Å². The van der Waals surface area contributed by atoms with Gasteiger partial charge in [-0.05, 0) is 6.92 Å². The van der Waals surface area contributed by atoms with Crippen LogP contribution in [0.5, 0.6) is 0 Å². The van der Waals surface area contributed by atoms with Gasteiger partial charge in [-0.3, -0.25) is 9.98 Å². The van der Waals surface area contributed by atoms with E-state index >= 15 is 0 Å². The maximum atomic E-state index is 8.72. The van der Waals surface area contributed by atoms with Crippen molar-refractivity contribution < 1.29 is 5.11 Å². The summed E-state index contributed by atoms with van der Waals surface area (Å²) < 4.78 is 0. The van der Waals surface area contributed by atoms with Gasteiger partial charge in [-0.1, -0.05) is 0 Å². The van der Waals surface area contributed by atoms with Gasteiger partial charge in [-0.2, -0.15) is 0 Å². The maximum Gasteiger partial charge on any atom is 0.164 e. The molecule has 1 atom stereocenters. The van der Waals surface area contributed by atoms with Gasteiger partial charge in [0.15, 0.2) is 6.23 Å². The lowest BCUT2D eigenvalue weighted by molar-refractivity contribution is 0.193. The number of aliphatic hydroxyl groups excluding tert-OH is 1. The molecule has 3 nitrogen and oxygen atoms in total. The van der Waals surface area contributed by atoms with Crippen molar-refractivity contribution in [2.24, 2.45) is 9.98 Å². The van der Waals surface area contributed by atoms with Crippen LogP contribution >= 0.6 is 0 Å². The Bertz CT molecular complexity index is 139. The van der Waals surface area contributed by atoms with Crippen LogP contribution in [0.1, 0.15) is 6.92 Å².